The van der Waals surface area contributed by atoms with E-state index in [-0.39, 0.29) is 29.2 Å². The van der Waals surface area contributed by atoms with E-state index in [2.05, 4.69) is 34.8 Å². The van der Waals surface area contributed by atoms with Crippen molar-refractivity contribution in [2.75, 3.05) is 45.1 Å². The minimum absolute atomic E-state index is 0.0101. The topological polar surface area (TPSA) is 249 Å². The molecule has 0 saturated heterocycles. The fraction of sp³-hybridized carbons (Fsp3) is 0.276. The second-order valence-corrected chi connectivity index (χ2v) is 13.8. The summed E-state index contributed by atoms with van der Waals surface area (Å²) in [5.74, 6) is -1.95. The SMILES string of the molecule is COc1cc(OC)nc(NC(=O)NS(=O)(=O)c2ncccc2C(F)(F)F)n1.COc1cnc(OC)n2nc(NS(=O)(=O)c3c(OCC(F)F)cccc3C(F)(F)F)nc12. The zero-order chi connectivity index (χ0) is 43.9. The predicted molar refractivity (Wildman–Crippen MR) is 181 cm³/mol. The lowest BCUT2D eigenvalue weighted by molar-refractivity contribution is -0.141. The maximum atomic E-state index is 13.5. The fourth-order valence-electron chi connectivity index (χ4n) is 4.40. The number of nitrogens with zero attached hydrogens (tertiary/aromatic N) is 7. The number of halogens is 8. The zero-order valence-electron chi connectivity index (χ0n) is 30.0. The van der Waals surface area contributed by atoms with Gasteiger partial charge in [0.25, 0.3) is 32.4 Å². The summed E-state index contributed by atoms with van der Waals surface area (Å²) in [6, 6.07) is 3.29. The van der Waals surface area contributed by atoms with Crippen LogP contribution in [0.15, 0.2) is 58.7 Å². The van der Waals surface area contributed by atoms with E-state index in [1.807, 2.05) is 5.32 Å². The van der Waals surface area contributed by atoms with Crippen molar-refractivity contribution >= 4 is 43.6 Å². The Morgan fingerprint density at radius 2 is 1.41 bits per heavy atom. The molecule has 2 amide bonds. The molecule has 0 aliphatic rings. The first kappa shape index (κ1) is 45.1. The fourth-order valence-corrected chi connectivity index (χ4v) is 6.76. The molecule has 3 N–H and O–H groups in total. The van der Waals surface area contributed by atoms with Crippen molar-refractivity contribution in [3.05, 3.63) is 59.9 Å². The van der Waals surface area contributed by atoms with Crippen LogP contribution < -0.4 is 38.4 Å². The number of carbonyl (C=O) groups excluding carboxylic acids is 1. The van der Waals surface area contributed by atoms with E-state index in [4.69, 9.17) is 18.9 Å². The Labute approximate surface area is 326 Å². The van der Waals surface area contributed by atoms with Crippen molar-refractivity contribution in [3.8, 4) is 29.3 Å². The van der Waals surface area contributed by atoms with Crippen molar-refractivity contribution in [1.29, 1.82) is 0 Å². The second kappa shape index (κ2) is 17.9. The molecule has 0 radical (unpaired) electrons. The number of alkyl halides is 8. The number of urea groups is 1. The monoisotopic (exact) mass is 890 g/mol. The highest BCUT2D eigenvalue weighted by Crippen LogP contribution is 2.40. The highest BCUT2D eigenvalue weighted by Gasteiger charge is 2.41. The van der Waals surface area contributed by atoms with E-state index in [0.29, 0.717) is 12.1 Å². The lowest BCUT2D eigenvalue weighted by Crippen LogP contribution is -2.36. The summed E-state index contributed by atoms with van der Waals surface area (Å²) >= 11 is 0. The van der Waals surface area contributed by atoms with E-state index in [0.717, 1.165) is 28.9 Å². The third kappa shape index (κ3) is 11.1. The molecule has 0 unspecified atom stereocenters. The van der Waals surface area contributed by atoms with Crippen molar-refractivity contribution in [2.45, 2.75) is 28.7 Å². The Morgan fingerprint density at radius 1 is 0.780 bits per heavy atom. The average Bonchev–Trinajstić information content (AvgIpc) is 3.58. The first-order chi connectivity index (χ1) is 27.5. The van der Waals surface area contributed by atoms with Gasteiger partial charge in [-0.25, -0.2) is 36.4 Å². The summed E-state index contributed by atoms with van der Waals surface area (Å²) in [5.41, 5.74) is -3.21. The first-order valence-electron chi connectivity index (χ1n) is 15.3. The molecular weight excluding hydrogens is 864 g/mol. The molecule has 0 saturated carbocycles. The normalized spacial score (nSPS) is 11.9. The van der Waals surface area contributed by atoms with E-state index >= 15 is 0 Å². The molecular formula is C29H26F8N10O10S2. The Morgan fingerprint density at radius 3 is 1.97 bits per heavy atom. The molecule has 0 aliphatic heterocycles. The summed E-state index contributed by atoms with van der Waals surface area (Å²) < 4.78 is 183. The maximum Gasteiger partial charge on any atom is 0.419 e. The zero-order valence-corrected chi connectivity index (χ0v) is 31.6. The molecule has 30 heteroatoms. The number of nitrogens with one attached hydrogen (secondary N) is 3. The summed E-state index contributed by atoms with van der Waals surface area (Å²) in [6.45, 7) is -1.32. The molecule has 1 aromatic carbocycles. The van der Waals surface area contributed by atoms with Crippen LogP contribution in [0.1, 0.15) is 11.1 Å². The summed E-state index contributed by atoms with van der Waals surface area (Å²) in [5, 5.41) is 4.41. The van der Waals surface area contributed by atoms with E-state index in [9.17, 15) is 56.8 Å². The van der Waals surface area contributed by atoms with Gasteiger partial charge in [0.15, 0.2) is 10.8 Å². The highest BCUT2D eigenvalue weighted by molar-refractivity contribution is 7.92. The number of aromatic nitrogens is 7. The van der Waals surface area contributed by atoms with Crippen molar-refractivity contribution in [3.63, 3.8) is 0 Å². The van der Waals surface area contributed by atoms with E-state index < -0.39 is 90.2 Å². The van der Waals surface area contributed by atoms with Crippen molar-refractivity contribution in [2.24, 2.45) is 0 Å². The van der Waals surface area contributed by atoms with Crippen molar-refractivity contribution < 1.29 is 80.4 Å². The first-order valence-corrected chi connectivity index (χ1v) is 18.3. The van der Waals surface area contributed by atoms with Gasteiger partial charge in [-0.2, -0.15) is 59.2 Å². The van der Waals surface area contributed by atoms with Crippen LogP contribution in [-0.4, -0.2) is 98.9 Å². The third-order valence-electron chi connectivity index (χ3n) is 6.73. The van der Waals surface area contributed by atoms with E-state index in [1.165, 1.54) is 45.4 Å². The van der Waals surface area contributed by atoms with Crippen LogP contribution in [-0.2, 0) is 32.4 Å². The quantitative estimate of drug-likeness (QED) is 0.141. The molecule has 0 bridgehead atoms. The lowest BCUT2D eigenvalue weighted by atomic mass is 10.2. The lowest BCUT2D eigenvalue weighted by Gasteiger charge is -2.17. The molecule has 4 aromatic heterocycles. The predicted octanol–water partition coefficient (Wildman–Crippen LogP) is 4.02. The maximum absolute atomic E-state index is 13.5. The standard InChI is InChI=1S/C16H14F5N5O5S.C13H12F3N5O5S/c1-29-10-6-22-15(30-2)26-13(10)23-14(24-26)25-32(27,28)12-8(16(19,20)21)4-3-5-9(12)31-7-11(17)18;1-25-8-6-9(26-2)19-11(18-8)20-12(22)21-27(23,24)10-7(13(14,15)16)4-3-5-17-10/h3-6,11H,7H2,1-2H3,(H,24,25);3-6H,1-2H3,(H2,18,19,20,21,22). The van der Waals surface area contributed by atoms with Gasteiger partial charge >= 0.3 is 24.4 Å². The van der Waals surface area contributed by atoms with Gasteiger partial charge in [0, 0.05) is 6.20 Å². The molecule has 0 aliphatic carbocycles. The summed E-state index contributed by atoms with van der Waals surface area (Å²) in [6.07, 6.45) is -11.1. The number of amides is 2. The van der Waals surface area contributed by atoms with Gasteiger partial charge in [-0.1, -0.05) is 6.07 Å². The molecule has 4 heterocycles. The van der Waals surface area contributed by atoms with Gasteiger partial charge in [-0.15, -0.1) is 5.10 Å². The van der Waals surface area contributed by atoms with Crippen LogP contribution in [0.3, 0.4) is 0 Å². The smallest absolute Gasteiger partial charge is 0.419 e. The number of ether oxygens (including phenoxy) is 5. The van der Waals surface area contributed by atoms with Gasteiger partial charge < -0.3 is 23.7 Å². The average molecular weight is 891 g/mol. The number of hydrogen-bond acceptors (Lipinski definition) is 16. The molecule has 5 rings (SSSR count). The van der Waals surface area contributed by atoms with Gasteiger partial charge in [-0.3, -0.25) is 5.32 Å². The molecule has 320 valence electrons. The Hall–Kier alpha value is -6.59. The van der Waals surface area contributed by atoms with Gasteiger partial charge in [-0.05, 0) is 24.3 Å². The number of sulfonamides is 2. The number of rotatable bonds is 13. The van der Waals surface area contributed by atoms with Gasteiger partial charge in [0.05, 0.1) is 51.8 Å². The molecule has 0 fully saturated rings. The largest absolute Gasteiger partial charge is 0.491 e. The highest BCUT2D eigenvalue weighted by atomic mass is 32.2. The third-order valence-corrected chi connectivity index (χ3v) is 9.43. The Kier molecular flexibility index (Phi) is 13.7. The van der Waals surface area contributed by atoms with Crippen LogP contribution in [0.5, 0.6) is 29.3 Å². The van der Waals surface area contributed by atoms with Gasteiger partial charge in [0.1, 0.15) is 17.3 Å². The second-order valence-electron chi connectivity index (χ2n) is 10.6. The van der Waals surface area contributed by atoms with Crippen LogP contribution in [0.25, 0.3) is 5.65 Å². The minimum atomic E-state index is -5.14. The molecule has 0 atom stereocenters. The minimum Gasteiger partial charge on any atom is -0.491 e. The Balaban J connectivity index is 0.000000265. The van der Waals surface area contributed by atoms with Crippen molar-refractivity contribution in [1.82, 2.24) is 39.3 Å². The number of pyridine rings is 1. The van der Waals surface area contributed by atoms with Gasteiger partial charge in [0.2, 0.25) is 23.4 Å². The molecule has 5 aromatic rings. The summed E-state index contributed by atoms with van der Waals surface area (Å²) in [4.78, 5) is 28.9. The van der Waals surface area contributed by atoms with Crippen LogP contribution >= 0.6 is 0 Å². The van der Waals surface area contributed by atoms with Crippen LogP contribution in [0.2, 0.25) is 0 Å². The number of anilines is 2. The molecule has 0 spiro atoms. The number of carbonyl (C=O) groups is 1. The molecule has 59 heavy (non-hydrogen) atoms. The number of hydrogen-bond donors (Lipinski definition) is 3. The van der Waals surface area contributed by atoms with Crippen LogP contribution in [0.4, 0.5) is 51.8 Å². The number of methoxy groups -OCH3 is 4. The number of benzene rings is 1. The number of fused-ring (bicyclic) bond motifs is 1. The Bertz CT molecular complexity index is 2460. The molecule has 20 nitrogen and oxygen atoms in total. The summed E-state index contributed by atoms with van der Waals surface area (Å²) in [7, 11) is -4.95. The van der Waals surface area contributed by atoms with E-state index in [1.54, 1.807) is 4.72 Å². The van der Waals surface area contributed by atoms with Crippen LogP contribution in [0, 0.1) is 0 Å².